The van der Waals surface area contributed by atoms with Crippen molar-refractivity contribution < 1.29 is 19.1 Å². The number of anilines is 1. The van der Waals surface area contributed by atoms with Crippen molar-refractivity contribution in [2.24, 2.45) is 5.10 Å². The number of hydrazone groups is 1. The van der Waals surface area contributed by atoms with Crippen molar-refractivity contribution in [2.45, 2.75) is 20.3 Å². The summed E-state index contributed by atoms with van der Waals surface area (Å²) in [5.74, 6) is 0.691. The number of carbonyl (C=O) groups is 2. The summed E-state index contributed by atoms with van der Waals surface area (Å²) < 4.78 is 11.5. The molecule has 0 spiro atoms. The van der Waals surface area contributed by atoms with Gasteiger partial charge in [0.15, 0.2) is 6.61 Å². The van der Waals surface area contributed by atoms with Crippen LogP contribution in [-0.4, -0.2) is 31.2 Å². The Balaban J connectivity index is 1.77. The topological polar surface area (TPSA) is 89.0 Å². The molecule has 8 heteroatoms. The number of benzene rings is 2. The van der Waals surface area contributed by atoms with E-state index in [9.17, 15) is 9.59 Å². The Kier molecular flexibility index (Phi) is 8.01. The molecule has 0 radical (unpaired) electrons. The van der Waals surface area contributed by atoms with E-state index in [1.807, 2.05) is 19.1 Å². The van der Waals surface area contributed by atoms with Gasteiger partial charge in [-0.1, -0.05) is 15.9 Å². The van der Waals surface area contributed by atoms with E-state index in [0.29, 0.717) is 22.9 Å². The first kappa shape index (κ1) is 21.4. The highest BCUT2D eigenvalue weighted by Gasteiger charge is 2.07. The molecule has 7 nitrogen and oxygen atoms in total. The van der Waals surface area contributed by atoms with Gasteiger partial charge in [0.25, 0.3) is 5.91 Å². The third-order valence-corrected chi connectivity index (χ3v) is 4.15. The van der Waals surface area contributed by atoms with Crippen molar-refractivity contribution in [3.8, 4) is 11.5 Å². The zero-order valence-electron chi connectivity index (χ0n) is 15.9. The Morgan fingerprint density at radius 2 is 1.82 bits per heavy atom. The van der Waals surface area contributed by atoms with Crippen molar-refractivity contribution in [2.75, 3.05) is 19.0 Å². The maximum absolute atomic E-state index is 12.0. The van der Waals surface area contributed by atoms with Crippen LogP contribution in [0.5, 0.6) is 11.5 Å². The van der Waals surface area contributed by atoms with Crippen LogP contribution in [-0.2, 0) is 9.59 Å². The third kappa shape index (κ3) is 7.03. The number of nitrogens with zero attached hydrogens (tertiary/aromatic N) is 1. The Labute approximate surface area is 172 Å². The van der Waals surface area contributed by atoms with Gasteiger partial charge < -0.3 is 14.8 Å². The van der Waals surface area contributed by atoms with Crippen LogP contribution in [0, 0.1) is 6.92 Å². The molecule has 2 aromatic rings. The van der Waals surface area contributed by atoms with E-state index < -0.39 is 5.91 Å². The fourth-order valence-corrected chi connectivity index (χ4v) is 2.74. The van der Waals surface area contributed by atoms with Crippen LogP contribution in [0.1, 0.15) is 18.9 Å². The number of rotatable bonds is 8. The van der Waals surface area contributed by atoms with Crippen LogP contribution in [0.3, 0.4) is 0 Å². The number of carbonyl (C=O) groups excluding carboxylic acids is 2. The summed E-state index contributed by atoms with van der Waals surface area (Å²) in [6, 6.07) is 12.5. The quantitative estimate of drug-likeness (QED) is 0.477. The number of halogens is 1. The highest BCUT2D eigenvalue weighted by atomic mass is 79.9. The van der Waals surface area contributed by atoms with Gasteiger partial charge >= 0.3 is 0 Å². The lowest BCUT2D eigenvalue weighted by atomic mass is 10.2. The molecule has 2 aromatic carbocycles. The van der Waals surface area contributed by atoms with E-state index >= 15 is 0 Å². The van der Waals surface area contributed by atoms with Crippen molar-refractivity contribution in [3.63, 3.8) is 0 Å². The molecule has 0 bridgehead atoms. The van der Waals surface area contributed by atoms with E-state index in [1.165, 1.54) is 0 Å². The van der Waals surface area contributed by atoms with Gasteiger partial charge in [0.1, 0.15) is 11.5 Å². The number of aryl methyl sites for hydroxylation is 1. The smallest absolute Gasteiger partial charge is 0.277 e. The molecular weight excluding hydrogens is 426 g/mol. The summed E-state index contributed by atoms with van der Waals surface area (Å²) >= 11 is 3.37. The Bertz CT molecular complexity index is 866. The van der Waals surface area contributed by atoms with Crippen LogP contribution in [0.25, 0.3) is 0 Å². The minimum atomic E-state index is -0.405. The van der Waals surface area contributed by atoms with Gasteiger partial charge in [-0.25, -0.2) is 5.43 Å². The van der Waals surface area contributed by atoms with Crippen molar-refractivity contribution in [1.82, 2.24) is 5.43 Å². The first-order valence-corrected chi connectivity index (χ1v) is 9.31. The lowest BCUT2D eigenvalue weighted by Crippen LogP contribution is -2.26. The Hall–Kier alpha value is -2.87. The maximum Gasteiger partial charge on any atom is 0.277 e. The molecule has 0 aliphatic rings. The average molecular weight is 448 g/mol. The SMILES string of the molecule is COc1ccc(NC(=O)C/C(C)=N/NC(=O)COc2ccc(Br)cc2C)cc1. The monoisotopic (exact) mass is 447 g/mol. The molecule has 2 amide bonds. The zero-order valence-corrected chi connectivity index (χ0v) is 17.5. The second kappa shape index (κ2) is 10.5. The number of hydrogen-bond acceptors (Lipinski definition) is 5. The van der Waals surface area contributed by atoms with Crippen LogP contribution in [0.4, 0.5) is 5.69 Å². The highest BCUT2D eigenvalue weighted by Crippen LogP contribution is 2.22. The summed E-state index contributed by atoms with van der Waals surface area (Å²) in [5.41, 5.74) is 4.43. The predicted octanol–water partition coefficient (Wildman–Crippen LogP) is 3.67. The summed E-state index contributed by atoms with van der Waals surface area (Å²) in [5, 5.41) is 6.68. The van der Waals surface area contributed by atoms with Gasteiger partial charge in [-0.3, -0.25) is 9.59 Å². The molecule has 0 atom stereocenters. The number of ether oxygens (including phenoxy) is 2. The van der Waals surface area contributed by atoms with Gasteiger partial charge in [0.2, 0.25) is 5.91 Å². The average Bonchev–Trinajstić information content (AvgIpc) is 2.66. The number of nitrogens with one attached hydrogen (secondary N) is 2. The van der Waals surface area contributed by atoms with E-state index in [2.05, 4.69) is 31.8 Å². The number of methoxy groups -OCH3 is 1. The van der Waals surface area contributed by atoms with E-state index in [1.54, 1.807) is 44.4 Å². The van der Waals surface area contributed by atoms with Gasteiger partial charge in [0, 0.05) is 15.9 Å². The summed E-state index contributed by atoms with van der Waals surface area (Å²) in [6.07, 6.45) is 0.0546. The molecule has 2 rings (SSSR count). The minimum absolute atomic E-state index is 0.0546. The molecular formula is C20H22BrN3O4. The fraction of sp³-hybridized carbons (Fsp3) is 0.250. The van der Waals surface area contributed by atoms with Gasteiger partial charge in [-0.05, 0) is 61.9 Å². The van der Waals surface area contributed by atoms with Crippen LogP contribution >= 0.6 is 15.9 Å². The summed E-state index contributed by atoms with van der Waals surface area (Å²) in [4.78, 5) is 23.9. The molecule has 0 saturated carbocycles. The number of amides is 2. The van der Waals surface area contributed by atoms with Crippen LogP contribution in [0.2, 0.25) is 0 Å². The molecule has 0 unspecified atom stereocenters. The maximum atomic E-state index is 12.0. The Morgan fingerprint density at radius 3 is 2.46 bits per heavy atom. The molecule has 0 aromatic heterocycles. The highest BCUT2D eigenvalue weighted by molar-refractivity contribution is 9.10. The molecule has 0 aliphatic heterocycles. The Morgan fingerprint density at radius 1 is 1.11 bits per heavy atom. The van der Waals surface area contributed by atoms with Crippen LogP contribution < -0.4 is 20.2 Å². The molecule has 0 fully saturated rings. The second-order valence-electron chi connectivity index (χ2n) is 6.03. The lowest BCUT2D eigenvalue weighted by molar-refractivity contribution is -0.123. The summed E-state index contributed by atoms with van der Waals surface area (Å²) in [7, 11) is 1.58. The first-order chi connectivity index (χ1) is 13.4. The molecule has 2 N–H and O–H groups in total. The third-order valence-electron chi connectivity index (χ3n) is 3.66. The van der Waals surface area contributed by atoms with Crippen molar-refractivity contribution in [3.05, 3.63) is 52.5 Å². The first-order valence-electron chi connectivity index (χ1n) is 8.52. The van der Waals surface area contributed by atoms with Crippen molar-refractivity contribution >= 4 is 39.1 Å². The van der Waals surface area contributed by atoms with E-state index in [4.69, 9.17) is 9.47 Å². The van der Waals surface area contributed by atoms with Crippen LogP contribution in [0.15, 0.2) is 52.0 Å². The molecule has 0 saturated heterocycles. The normalized spacial score (nSPS) is 10.9. The lowest BCUT2D eigenvalue weighted by Gasteiger charge is -2.09. The van der Waals surface area contributed by atoms with E-state index in [-0.39, 0.29) is 18.9 Å². The number of hydrogen-bond donors (Lipinski definition) is 2. The van der Waals surface area contributed by atoms with Gasteiger partial charge in [-0.2, -0.15) is 5.10 Å². The molecule has 0 heterocycles. The zero-order chi connectivity index (χ0) is 20.5. The van der Waals surface area contributed by atoms with Crippen molar-refractivity contribution in [1.29, 1.82) is 0 Å². The largest absolute Gasteiger partial charge is 0.497 e. The fourth-order valence-electron chi connectivity index (χ4n) is 2.26. The summed E-state index contributed by atoms with van der Waals surface area (Å²) in [6.45, 7) is 3.38. The standard InChI is InChI=1S/C20H22BrN3O4/c1-13-10-15(21)4-9-18(13)28-12-20(26)24-23-14(2)11-19(25)22-16-5-7-17(27-3)8-6-16/h4-10H,11-12H2,1-3H3,(H,22,25)(H,24,26)/b23-14+. The minimum Gasteiger partial charge on any atom is -0.497 e. The predicted molar refractivity (Wildman–Crippen MR) is 112 cm³/mol. The molecule has 28 heavy (non-hydrogen) atoms. The van der Waals surface area contributed by atoms with Gasteiger partial charge in [0.05, 0.1) is 13.5 Å². The second-order valence-corrected chi connectivity index (χ2v) is 6.95. The van der Waals surface area contributed by atoms with Gasteiger partial charge in [-0.15, -0.1) is 0 Å². The van der Waals surface area contributed by atoms with E-state index in [0.717, 1.165) is 10.0 Å². The molecule has 148 valence electrons. The molecule has 0 aliphatic carbocycles.